The van der Waals surface area contributed by atoms with Gasteiger partial charge in [0.25, 0.3) is 11.1 Å². The minimum absolute atomic E-state index is 0.0962. The van der Waals surface area contributed by atoms with Gasteiger partial charge in [-0.25, -0.2) is 0 Å². The highest BCUT2D eigenvalue weighted by molar-refractivity contribution is 7.99. The van der Waals surface area contributed by atoms with Crippen LogP contribution < -0.4 is 0 Å². The van der Waals surface area contributed by atoms with Crippen molar-refractivity contribution in [3.05, 3.63) is 11.8 Å². The van der Waals surface area contributed by atoms with Crippen LogP contribution in [0.3, 0.4) is 0 Å². The number of aryl methyl sites for hydroxylation is 1. The van der Waals surface area contributed by atoms with Crippen molar-refractivity contribution in [1.29, 1.82) is 0 Å². The van der Waals surface area contributed by atoms with Crippen molar-refractivity contribution < 1.29 is 13.7 Å². The highest BCUT2D eigenvalue weighted by Gasteiger charge is 2.22. The Hall–Kier alpha value is -1.83. The average molecular weight is 336 g/mol. The molecule has 0 spiro atoms. The Morgan fingerprint density at radius 2 is 2.13 bits per heavy atom. The molecular weight excluding hydrogens is 316 g/mol. The van der Waals surface area contributed by atoms with E-state index in [0.29, 0.717) is 34.4 Å². The molecule has 2 aromatic heterocycles. The van der Waals surface area contributed by atoms with Crippen LogP contribution in [0.15, 0.2) is 20.2 Å². The number of amides is 1. The fraction of sp³-hybridized carbons (Fsp3) is 0.600. The van der Waals surface area contributed by atoms with E-state index in [0.717, 1.165) is 12.8 Å². The molecule has 1 amide bonds. The Morgan fingerprint density at radius 1 is 1.35 bits per heavy atom. The summed E-state index contributed by atoms with van der Waals surface area (Å²) in [5, 5.41) is 12.1. The van der Waals surface area contributed by atoms with Crippen molar-refractivity contribution in [2.45, 2.75) is 50.3 Å². The quantitative estimate of drug-likeness (QED) is 0.776. The average Bonchev–Trinajstić information content (AvgIpc) is 3.21. The van der Waals surface area contributed by atoms with E-state index < -0.39 is 0 Å². The first kappa shape index (κ1) is 16.0. The molecule has 1 fully saturated rings. The smallest absolute Gasteiger partial charge is 0.277 e. The number of carbonyl (C=O) groups excluding carboxylic acids is 1. The Morgan fingerprint density at radius 3 is 2.83 bits per heavy atom. The minimum Gasteiger partial charge on any atom is -0.409 e. The van der Waals surface area contributed by atoms with Gasteiger partial charge in [0, 0.05) is 19.2 Å². The largest absolute Gasteiger partial charge is 0.409 e. The summed E-state index contributed by atoms with van der Waals surface area (Å²) in [6.07, 6.45) is 5.89. The van der Waals surface area contributed by atoms with Crippen LogP contribution in [0.5, 0.6) is 0 Å². The third kappa shape index (κ3) is 3.93. The lowest BCUT2D eigenvalue weighted by Gasteiger charge is -2.31. The van der Waals surface area contributed by atoms with Crippen LogP contribution in [-0.2, 0) is 4.79 Å². The van der Waals surface area contributed by atoms with Crippen molar-refractivity contribution >= 4 is 17.7 Å². The highest BCUT2D eigenvalue weighted by atomic mass is 32.2. The topological polar surface area (TPSA) is 85.3 Å². The molecule has 0 saturated heterocycles. The molecule has 2 aromatic rings. The van der Waals surface area contributed by atoms with E-state index in [1.807, 2.05) is 11.9 Å². The summed E-state index contributed by atoms with van der Waals surface area (Å²) in [6, 6.07) is 2.09. The van der Waals surface area contributed by atoms with Gasteiger partial charge in [-0.3, -0.25) is 4.79 Å². The molecule has 0 N–H and O–H groups in total. The van der Waals surface area contributed by atoms with E-state index in [1.165, 1.54) is 31.0 Å². The first-order chi connectivity index (χ1) is 11.1. The molecule has 1 aliphatic carbocycles. The molecule has 1 saturated carbocycles. The molecule has 0 unspecified atom stereocenters. The molecule has 0 bridgehead atoms. The van der Waals surface area contributed by atoms with Gasteiger partial charge < -0.3 is 13.8 Å². The van der Waals surface area contributed by atoms with Gasteiger partial charge in [0.2, 0.25) is 5.91 Å². The zero-order valence-corrected chi connectivity index (χ0v) is 14.1. The fourth-order valence-corrected chi connectivity index (χ4v) is 3.42. The highest BCUT2D eigenvalue weighted by Crippen LogP contribution is 2.25. The first-order valence-corrected chi connectivity index (χ1v) is 8.77. The fourth-order valence-electron chi connectivity index (χ4n) is 2.74. The Kier molecular flexibility index (Phi) is 5.00. The van der Waals surface area contributed by atoms with E-state index in [2.05, 4.69) is 15.4 Å². The molecular formula is C15H20N4O3S. The third-order valence-corrected chi connectivity index (χ3v) is 4.89. The second kappa shape index (κ2) is 7.16. The predicted octanol–water partition coefficient (Wildman–Crippen LogP) is 2.92. The molecule has 2 heterocycles. The molecule has 23 heavy (non-hydrogen) atoms. The normalized spacial score (nSPS) is 15.7. The lowest BCUT2D eigenvalue weighted by molar-refractivity contribution is -0.129. The summed E-state index contributed by atoms with van der Waals surface area (Å²) in [4.78, 5) is 14.1. The Labute approximate surface area is 138 Å². The standard InChI is InChI=1S/C15H20N4O3S/c1-10-8-12(18-22-10)14-16-17-15(21-14)23-9-13(20)19(2)11-6-4-3-5-7-11/h8,11H,3-7,9H2,1-2H3. The van der Waals surface area contributed by atoms with Crippen LogP contribution in [0.25, 0.3) is 11.6 Å². The van der Waals surface area contributed by atoms with E-state index in [1.54, 1.807) is 13.0 Å². The summed E-state index contributed by atoms with van der Waals surface area (Å²) >= 11 is 1.25. The van der Waals surface area contributed by atoms with Crippen LogP contribution >= 0.6 is 11.8 Å². The molecule has 3 rings (SSSR count). The van der Waals surface area contributed by atoms with Gasteiger partial charge >= 0.3 is 0 Å². The van der Waals surface area contributed by atoms with Crippen LogP contribution in [0, 0.1) is 6.92 Å². The van der Waals surface area contributed by atoms with E-state index in [-0.39, 0.29) is 5.91 Å². The first-order valence-electron chi connectivity index (χ1n) is 7.79. The van der Waals surface area contributed by atoms with Gasteiger partial charge in [-0.2, -0.15) is 0 Å². The van der Waals surface area contributed by atoms with Crippen LogP contribution in [-0.4, -0.2) is 45.0 Å². The zero-order chi connectivity index (χ0) is 16.2. The molecule has 124 valence electrons. The van der Waals surface area contributed by atoms with Gasteiger partial charge in [0.05, 0.1) is 5.75 Å². The molecule has 0 aliphatic heterocycles. The van der Waals surface area contributed by atoms with Crippen molar-refractivity contribution in [3.63, 3.8) is 0 Å². The second-order valence-corrected chi connectivity index (χ2v) is 6.71. The number of aromatic nitrogens is 3. The molecule has 0 radical (unpaired) electrons. The number of rotatable bonds is 5. The maximum atomic E-state index is 12.3. The van der Waals surface area contributed by atoms with Gasteiger partial charge in [-0.1, -0.05) is 36.2 Å². The van der Waals surface area contributed by atoms with Gasteiger partial charge in [0.1, 0.15) is 5.76 Å². The number of nitrogens with zero attached hydrogens (tertiary/aromatic N) is 4. The lowest BCUT2D eigenvalue weighted by Crippen LogP contribution is -2.39. The molecule has 8 heteroatoms. The van der Waals surface area contributed by atoms with Crippen LogP contribution in [0.4, 0.5) is 0 Å². The predicted molar refractivity (Wildman–Crippen MR) is 84.9 cm³/mol. The van der Waals surface area contributed by atoms with E-state index >= 15 is 0 Å². The maximum Gasteiger partial charge on any atom is 0.277 e. The summed E-state index contributed by atoms with van der Waals surface area (Å²) in [6.45, 7) is 1.79. The van der Waals surface area contributed by atoms with Crippen LogP contribution in [0.1, 0.15) is 37.9 Å². The number of hydrogen-bond donors (Lipinski definition) is 0. The van der Waals surface area contributed by atoms with E-state index in [4.69, 9.17) is 8.94 Å². The van der Waals surface area contributed by atoms with Gasteiger partial charge in [0.15, 0.2) is 5.69 Å². The number of hydrogen-bond acceptors (Lipinski definition) is 7. The lowest BCUT2D eigenvalue weighted by atomic mass is 9.94. The molecule has 7 nitrogen and oxygen atoms in total. The maximum absolute atomic E-state index is 12.3. The zero-order valence-electron chi connectivity index (χ0n) is 13.3. The number of carbonyl (C=O) groups is 1. The summed E-state index contributed by atoms with van der Waals surface area (Å²) in [5.41, 5.74) is 0.507. The van der Waals surface area contributed by atoms with Crippen LogP contribution in [0.2, 0.25) is 0 Å². The van der Waals surface area contributed by atoms with Crippen molar-refractivity contribution in [2.75, 3.05) is 12.8 Å². The van der Waals surface area contributed by atoms with Gasteiger partial charge in [-0.15, -0.1) is 10.2 Å². The monoisotopic (exact) mass is 336 g/mol. The summed E-state index contributed by atoms with van der Waals surface area (Å²) in [5.74, 6) is 1.37. The summed E-state index contributed by atoms with van der Waals surface area (Å²) in [7, 11) is 1.89. The Bertz CT molecular complexity index is 663. The third-order valence-electron chi connectivity index (χ3n) is 4.09. The second-order valence-electron chi connectivity index (χ2n) is 5.78. The molecule has 0 aromatic carbocycles. The Balaban J connectivity index is 1.53. The number of thioether (sulfide) groups is 1. The summed E-state index contributed by atoms with van der Waals surface area (Å²) < 4.78 is 10.5. The minimum atomic E-state index is 0.0962. The van der Waals surface area contributed by atoms with Crippen molar-refractivity contribution in [2.24, 2.45) is 0 Å². The van der Waals surface area contributed by atoms with Gasteiger partial charge in [-0.05, 0) is 19.8 Å². The van der Waals surface area contributed by atoms with Crippen molar-refractivity contribution in [3.8, 4) is 11.6 Å². The van der Waals surface area contributed by atoms with Crippen molar-refractivity contribution in [1.82, 2.24) is 20.3 Å². The van der Waals surface area contributed by atoms with E-state index in [9.17, 15) is 4.79 Å². The SMILES string of the molecule is Cc1cc(-c2nnc(SCC(=O)N(C)C3CCCCC3)o2)no1. The molecule has 1 aliphatic rings. The molecule has 0 atom stereocenters.